The van der Waals surface area contributed by atoms with Crippen molar-refractivity contribution in [3.8, 4) is 0 Å². The van der Waals surface area contributed by atoms with Gasteiger partial charge in [0.15, 0.2) is 0 Å². The van der Waals surface area contributed by atoms with Crippen LogP contribution in [0.3, 0.4) is 0 Å². The Kier molecular flexibility index (Phi) is 5.05. The van der Waals surface area contributed by atoms with Gasteiger partial charge in [-0.15, -0.1) is 0 Å². The van der Waals surface area contributed by atoms with Gasteiger partial charge in [0.25, 0.3) is 0 Å². The van der Waals surface area contributed by atoms with Crippen LogP contribution in [0.15, 0.2) is 12.4 Å². The molecule has 0 aromatic carbocycles. The van der Waals surface area contributed by atoms with E-state index in [1.54, 1.807) is 11.8 Å². The molecule has 128 valence electrons. The fraction of sp³-hybridized carbons (Fsp3) is 0.750. The summed E-state index contributed by atoms with van der Waals surface area (Å²) in [6.45, 7) is 1.78. The van der Waals surface area contributed by atoms with Gasteiger partial charge in [-0.1, -0.05) is 12.8 Å². The largest absolute Gasteiger partial charge is 0.379 e. The van der Waals surface area contributed by atoms with Gasteiger partial charge in [-0.25, -0.2) is 4.79 Å². The molecule has 3 rings (SSSR count). The van der Waals surface area contributed by atoms with Crippen molar-refractivity contribution in [2.45, 2.75) is 50.3 Å². The van der Waals surface area contributed by atoms with Crippen LogP contribution in [-0.2, 0) is 11.8 Å². The van der Waals surface area contributed by atoms with Gasteiger partial charge in [0.1, 0.15) is 0 Å². The van der Waals surface area contributed by atoms with Crippen LogP contribution in [-0.4, -0.2) is 54.2 Å². The van der Waals surface area contributed by atoms with Gasteiger partial charge < -0.3 is 20.3 Å². The van der Waals surface area contributed by atoms with E-state index in [4.69, 9.17) is 4.74 Å². The van der Waals surface area contributed by atoms with E-state index >= 15 is 0 Å². The minimum Gasteiger partial charge on any atom is -0.379 e. The van der Waals surface area contributed by atoms with Gasteiger partial charge in [-0.3, -0.25) is 4.68 Å². The molecule has 2 N–H and O–H groups in total. The zero-order chi connectivity index (χ0) is 16.2. The molecule has 0 spiro atoms. The molecular formula is C16H27N5O2. The minimum absolute atomic E-state index is 0.0722. The number of urea groups is 1. The summed E-state index contributed by atoms with van der Waals surface area (Å²) in [5.41, 5.74) is 1.11. The summed E-state index contributed by atoms with van der Waals surface area (Å²) in [6, 6.07) is 0.237. The highest BCUT2D eigenvalue weighted by atomic mass is 16.5. The number of rotatable bonds is 4. The molecule has 1 saturated carbocycles. The number of carbonyl (C=O) groups is 1. The molecule has 3 atom stereocenters. The van der Waals surface area contributed by atoms with Gasteiger partial charge in [0.2, 0.25) is 0 Å². The van der Waals surface area contributed by atoms with Crippen molar-refractivity contribution in [2.24, 2.45) is 7.05 Å². The van der Waals surface area contributed by atoms with Crippen molar-refractivity contribution in [3.05, 3.63) is 12.4 Å². The zero-order valence-electron chi connectivity index (χ0n) is 14.0. The Morgan fingerprint density at radius 1 is 1.30 bits per heavy atom. The molecule has 3 unspecified atom stereocenters. The Morgan fingerprint density at radius 3 is 2.87 bits per heavy atom. The number of nitrogens with zero attached hydrogens (tertiary/aromatic N) is 3. The number of aromatic nitrogens is 2. The number of hydrogen-bond acceptors (Lipinski definition) is 4. The van der Waals surface area contributed by atoms with Crippen LogP contribution < -0.4 is 15.5 Å². The second-order valence-corrected chi connectivity index (χ2v) is 6.59. The Hall–Kier alpha value is -1.76. The number of ether oxygens (including phenoxy) is 1. The third kappa shape index (κ3) is 3.96. The summed E-state index contributed by atoms with van der Waals surface area (Å²) < 4.78 is 7.29. The number of methoxy groups -OCH3 is 1. The summed E-state index contributed by atoms with van der Waals surface area (Å²) in [7, 11) is 3.64. The third-order valence-electron chi connectivity index (χ3n) is 4.90. The van der Waals surface area contributed by atoms with Crippen molar-refractivity contribution in [1.82, 2.24) is 20.4 Å². The molecule has 0 radical (unpaired) electrons. The summed E-state index contributed by atoms with van der Waals surface area (Å²) in [4.78, 5) is 14.5. The number of amides is 2. The van der Waals surface area contributed by atoms with E-state index < -0.39 is 0 Å². The molecule has 7 nitrogen and oxygen atoms in total. The van der Waals surface area contributed by atoms with Gasteiger partial charge in [0, 0.05) is 39.5 Å². The van der Waals surface area contributed by atoms with Crippen LogP contribution >= 0.6 is 0 Å². The van der Waals surface area contributed by atoms with E-state index in [0.29, 0.717) is 0 Å². The van der Waals surface area contributed by atoms with Crippen LogP contribution in [0.2, 0.25) is 0 Å². The lowest BCUT2D eigenvalue weighted by atomic mass is 9.92. The fourth-order valence-corrected chi connectivity index (χ4v) is 3.62. The quantitative estimate of drug-likeness (QED) is 0.876. The molecule has 2 heterocycles. The van der Waals surface area contributed by atoms with E-state index in [1.165, 1.54) is 6.42 Å². The van der Waals surface area contributed by atoms with E-state index in [2.05, 4.69) is 20.6 Å². The molecular weight excluding hydrogens is 294 g/mol. The average Bonchev–Trinajstić information content (AvgIpc) is 3.16. The Bertz CT molecular complexity index is 532. The van der Waals surface area contributed by atoms with E-state index in [9.17, 15) is 4.79 Å². The smallest absolute Gasteiger partial charge is 0.315 e. The topological polar surface area (TPSA) is 71.4 Å². The second-order valence-electron chi connectivity index (χ2n) is 6.59. The van der Waals surface area contributed by atoms with Gasteiger partial charge in [-0.2, -0.15) is 5.10 Å². The minimum atomic E-state index is -0.0722. The Labute approximate surface area is 137 Å². The molecule has 1 aromatic rings. The lowest BCUT2D eigenvalue weighted by molar-refractivity contribution is 0.0451. The third-order valence-corrected chi connectivity index (χ3v) is 4.90. The first-order valence-electron chi connectivity index (χ1n) is 8.49. The number of hydrogen-bond donors (Lipinski definition) is 2. The number of aryl methyl sites for hydroxylation is 1. The Balaban J connectivity index is 1.47. The van der Waals surface area contributed by atoms with Crippen LogP contribution in [0.1, 0.15) is 32.1 Å². The first-order chi connectivity index (χ1) is 11.2. The molecule has 2 fully saturated rings. The standard InChI is InChI=1S/C16H27N5O2/c1-20-11-13(9-17-20)21-8-7-12(10-21)18-16(22)19-14-5-3-4-6-15(14)23-2/h9,11-12,14-15H,3-8,10H2,1-2H3,(H2,18,19,22). The van der Waals surface area contributed by atoms with Crippen LogP contribution in [0.25, 0.3) is 0 Å². The lowest BCUT2D eigenvalue weighted by Gasteiger charge is -2.31. The molecule has 2 amide bonds. The highest BCUT2D eigenvalue weighted by molar-refractivity contribution is 5.75. The molecule has 1 aliphatic carbocycles. The van der Waals surface area contributed by atoms with Crippen molar-refractivity contribution in [3.63, 3.8) is 0 Å². The summed E-state index contributed by atoms with van der Waals surface area (Å²) in [5, 5.41) is 10.4. The van der Waals surface area contributed by atoms with Crippen molar-refractivity contribution < 1.29 is 9.53 Å². The van der Waals surface area contributed by atoms with Crippen LogP contribution in [0.5, 0.6) is 0 Å². The van der Waals surface area contributed by atoms with E-state index in [-0.39, 0.29) is 24.2 Å². The van der Waals surface area contributed by atoms with Crippen LogP contribution in [0.4, 0.5) is 10.5 Å². The van der Waals surface area contributed by atoms with Crippen molar-refractivity contribution >= 4 is 11.7 Å². The van der Waals surface area contributed by atoms with Crippen molar-refractivity contribution in [2.75, 3.05) is 25.1 Å². The first kappa shape index (κ1) is 16.1. The highest BCUT2D eigenvalue weighted by Crippen LogP contribution is 2.21. The maximum absolute atomic E-state index is 12.3. The predicted molar refractivity (Wildman–Crippen MR) is 88.5 cm³/mol. The lowest BCUT2D eigenvalue weighted by Crippen LogP contribution is -2.52. The average molecular weight is 321 g/mol. The Morgan fingerprint density at radius 2 is 2.13 bits per heavy atom. The van der Waals surface area contributed by atoms with E-state index in [0.717, 1.165) is 44.5 Å². The molecule has 2 aliphatic rings. The molecule has 1 saturated heterocycles. The number of nitrogens with one attached hydrogen (secondary N) is 2. The van der Waals surface area contributed by atoms with Crippen molar-refractivity contribution in [1.29, 1.82) is 0 Å². The molecule has 1 aromatic heterocycles. The van der Waals surface area contributed by atoms with Gasteiger partial charge in [0.05, 0.1) is 24.0 Å². The maximum atomic E-state index is 12.3. The molecule has 23 heavy (non-hydrogen) atoms. The predicted octanol–water partition coefficient (Wildman–Crippen LogP) is 1.26. The summed E-state index contributed by atoms with van der Waals surface area (Å²) >= 11 is 0. The fourth-order valence-electron chi connectivity index (χ4n) is 3.62. The second kappa shape index (κ2) is 7.21. The summed E-state index contributed by atoms with van der Waals surface area (Å²) in [6.07, 6.45) is 9.34. The highest BCUT2D eigenvalue weighted by Gasteiger charge is 2.29. The zero-order valence-corrected chi connectivity index (χ0v) is 14.0. The van der Waals surface area contributed by atoms with Crippen LogP contribution in [0, 0.1) is 0 Å². The van der Waals surface area contributed by atoms with Gasteiger partial charge >= 0.3 is 6.03 Å². The van der Waals surface area contributed by atoms with E-state index in [1.807, 2.05) is 19.4 Å². The number of anilines is 1. The first-order valence-corrected chi connectivity index (χ1v) is 8.49. The molecule has 0 bridgehead atoms. The monoisotopic (exact) mass is 321 g/mol. The number of carbonyl (C=O) groups excluding carboxylic acids is 1. The SMILES string of the molecule is COC1CCCCC1NC(=O)NC1CCN(c2cnn(C)c2)C1. The maximum Gasteiger partial charge on any atom is 0.315 e. The normalized spacial score (nSPS) is 27.9. The summed E-state index contributed by atoms with van der Waals surface area (Å²) in [5.74, 6) is 0. The molecule has 1 aliphatic heterocycles. The molecule has 7 heteroatoms. The van der Waals surface area contributed by atoms with Gasteiger partial charge in [-0.05, 0) is 19.3 Å².